The minimum absolute atomic E-state index is 0. The first-order valence-corrected chi connectivity index (χ1v) is 8.91. The summed E-state index contributed by atoms with van der Waals surface area (Å²) in [5, 5.41) is 0. The molecule has 0 saturated carbocycles. The number of hydrogen-bond acceptors (Lipinski definition) is 2. The van der Waals surface area contributed by atoms with Crippen molar-refractivity contribution in [2.75, 3.05) is 0 Å². The van der Waals surface area contributed by atoms with E-state index in [0.29, 0.717) is 0 Å². The summed E-state index contributed by atoms with van der Waals surface area (Å²) in [4.78, 5) is 22.9. The van der Waals surface area contributed by atoms with Crippen molar-refractivity contribution in [1.29, 1.82) is 0 Å². The van der Waals surface area contributed by atoms with Gasteiger partial charge in [-0.25, -0.2) is 0 Å². The van der Waals surface area contributed by atoms with Crippen molar-refractivity contribution >= 4 is 51.4 Å². The molecule has 0 aliphatic carbocycles. The van der Waals surface area contributed by atoms with Gasteiger partial charge in [0.05, 0.1) is 0 Å². The summed E-state index contributed by atoms with van der Waals surface area (Å²) in [5.74, 6) is 0. The van der Waals surface area contributed by atoms with E-state index >= 15 is 0 Å². The standard InChI is InChI=1S/Ca.2ClH.K.H3O4P/c;;;;1-5(2,3)4/h;2*1H;;(H3,1,2,3,4)/q+2;;;+1;/p-3. The molecule has 0 fully saturated rings. The summed E-state index contributed by atoms with van der Waals surface area (Å²) in [6.45, 7) is 0. The van der Waals surface area contributed by atoms with E-state index in [9.17, 15) is 0 Å². The Morgan fingerprint density at radius 3 is 1.44 bits per heavy atom. The summed E-state index contributed by atoms with van der Waals surface area (Å²) >= 11 is -0.931. The largest absolute Gasteiger partial charge is 1.00 e. The third-order valence-corrected chi connectivity index (χ3v) is 0. The Labute approximate surface area is 119 Å². The topological polar surface area (TPSA) is 80.6 Å². The maximum Gasteiger partial charge on any atom is 1.00 e. The van der Waals surface area contributed by atoms with Gasteiger partial charge >= 0.3 is 95.0 Å². The van der Waals surface area contributed by atoms with E-state index in [-0.39, 0.29) is 51.4 Å². The number of rotatable bonds is 0. The Kier molecular flexibility index (Phi) is 23.7. The summed E-state index contributed by atoms with van der Waals surface area (Å²) < 4.78 is 8.77. The van der Waals surface area contributed by atoms with Gasteiger partial charge in [0, 0.05) is 0 Å². The Morgan fingerprint density at radius 2 is 1.44 bits per heavy atom. The number of hydrogen-bond donors (Lipinski definition) is 2. The smallest absolute Gasteiger partial charge is 1.00 e. The van der Waals surface area contributed by atoms with Crippen LogP contribution in [0.1, 0.15) is 0 Å². The van der Waals surface area contributed by atoms with Crippen LogP contribution in [0.2, 0.25) is 0 Å². The molecular weight excluding hydrogens is 245 g/mol. The SMILES string of the molecule is O=P([O-])(O)O.[Cl][Ca][Cl].[K+]. The Hall–Kier alpha value is 3.59. The van der Waals surface area contributed by atoms with Gasteiger partial charge < -0.3 is 14.7 Å². The quantitative estimate of drug-likeness (QED) is 0.343. The molecule has 2 N–H and O–H groups in total. The van der Waals surface area contributed by atoms with E-state index in [4.69, 9.17) is 32.0 Å². The maximum atomic E-state index is 8.77. The third-order valence-electron chi connectivity index (χ3n) is 0. The number of phosphoric acid groups is 1. The van der Waals surface area contributed by atoms with Crippen molar-refractivity contribution < 1.29 is 70.6 Å². The molecule has 0 saturated heterocycles. The molecule has 0 atom stereocenters. The summed E-state index contributed by atoms with van der Waals surface area (Å²) in [7, 11) is -4.89. The first kappa shape index (κ1) is 18.4. The molecule has 48 valence electrons. The molecule has 9 heavy (non-hydrogen) atoms. The molecule has 0 rings (SSSR count). The molecule has 0 heterocycles. The van der Waals surface area contributed by atoms with Gasteiger partial charge in [-0.15, -0.1) is 0 Å². The van der Waals surface area contributed by atoms with Crippen LogP contribution >= 0.6 is 20.6 Å². The summed E-state index contributed by atoms with van der Waals surface area (Å²) in [6, 6.07) is 0. The van der Waals surface area contributed by atoms with E-state index in [1.54, 1.807) is 0 Å². The van der Waals surface area contributed by atoms with Crippen molar-refractivity contribution in [2.24, 2.45) is 0 Å². The predicted molar refractivity (Wildman–Crippen MR) is 29.5 cm³/mol. The first-order chi connectivity index (χ1) is 3.41. The molecule has 0 aliphatic rings. The Morgan fingerprint density at radius 1 is 1.44 bits per heavy atom. The zero-order valence-electron chi connectivity index (χ0n) is 4.62. The zero-order chi connectivity index (χ0) is 7.21. The van der Waals surface area contributed by atoms with E-state index in [2.05, 4.69) is 0 Å². The third kappa shape index (κ3) is 82.8. The van der Waals surface area contributed by atoms with Gasteiger partial charge in [0.25, 0.3) is 7.82 Å². The van der Waals surface area contributed by atoms with Crippen LogP contribution in [-0.4, -0.2) is 40.6 Å². The first-order valence-electron chi connectivity index (χ1n) is 1.30. The van der Waals surface area contributed by atoms with Crippen molar-refractivity contribution in [1.82, 2.24) is 0 Å². The Balaban J connectivity index is -0.0000000800. The molecular formula is H2CaCl2KO4P. The van der Waals surface area contributed by atoms with Crippen LogP contribution < -0.4 is 56.3 Å². The molecule has 0 amide bonds. The molecule has 0 unspecified atom stereocenters. The van der Waals surface area contributed by atoms with E-state index < -0.39 is 38.7 Å². The van der Waals surface area contributed by atoms with Gasteiger partial charge in [0.1, 0.15) is 0 Å². The second kappa shape index (κ2) is 11.6. The fourth-order valence-electron chi connectivity index (χ4n) is 0. The molecule has 0 aliphatic heterocycles. The summed E-state index contributed by atoms with van der Waals surface area (Å²) in [5.41, 5.74) is 0. The van der Waals surface area contributed by atoms with Crippen molar-refractivity contribution in [2.45, 2.75) is 0 Å². The van der Waals surface area contributed by atoms with E-state index in [0.717, 1.165) is 0 Å². The molecule has 0 bridgehead atoms. The number of halogens is 2. The van der Waals surface area contributed by atoms with Crippen molar-refractivity contribution in [3.63, 3.8) is 0 Å². The average molecular weight is 247 g/mol. The zero-order valence-corrected chi connectivity index (χ0v) is 12.4. The van der Waals surface area contributed by atoms with Crippen LogP contribution in [0, 0.1) is 0 Å². The van der Waals surface area contributed by atoms with Crippen LogP contribution in [0.4, 0.5) is 0 Å². The molecule has 0 aromatic carbocycles. The van der Waals surface area contributed by atoms with Gasteiger partial charge in [-0.2, -0.15) is 0 Å². The van der Waals surface area contributed by atoms with Crippen LogP contribution in [0.5, 0.6) is 0 Å². The van der Waals surface area contributed by atoms with E-state index in [1.807, 2.05) is 0 Å². The van der Waals surface area contributed by atoms with Gasteiger partial charge in [-0.3, -0.25) is 4.57 Å². The molecule has 9 heteroatoms. The average Bonchev–Trinajstić information content (AvgIpc) is 1.27. The van der Waals surface area contributed by atoms with Crippen LogP contribution in [0.3, 0.4) is 0 Å². The van der Waals surface area contributed by atoms with Crippen molar-refractivity contribution in [3.8, 4) is 0 Å². The summed E-state index contributed by atoms with van der Waals surface area (Å²) in [6.07, 6.45) is 9.90. The van der Waals surface area contributed by atoms with Crippen LogP contribution in [-0.2, 0) is 4.57 Å². The fraction of sp³-hybridized carbons (Fsp3) is 0. The second-order valence-corrected chi connectivity index (χ2v) is 5.22. The van der Waals surface area contributed by atoms with Gasteiger partial charge in [-0.1, -0.05) is 0 Å². The van der Waals surface area contributed by atoms with Gasteiger partial charge in [-0.05, 0) is 0 Å². The Bertz CT molecular complexity index is 74.4. The monoisotopic (exact) mass is 246 g/mol. The molecule has 0 spiro atoms. The molecule has 0 aromatic heterocycles. The van der Waals surface area contributed by atoms with Gasteiger partial charge in [0.2, 0.25) is 0 Å². The normalized spacial score (nSPS) is 7.67. The van der Waals surface area contributed by atoms with E-state index in [1.165, 1.54) is 0 Å². The molecule has 0 radical (unpaired) electrons. The minimum Gasteiger partial charge on any atom is 1.00 e. The molecule has 0 aromatic rings. The fourth-order valence-corrected chi connectivity index (χ4v) is 0. The molecule has 4 nitrogen and oxygen atoms in total. The van der Waals surface area contributed by atoms with Crippen LogP contribution in [0.25, 0.3) is 0 Å². The van der Waals surface area contributed by atoms with Gasteiger partial charge in [0.15, 0.2) is 0 Å². The minimum atomic E-state index is -4.89. The van der Waals surface area contributed by atoms with Crippen molar-refractivity contribution in [3.05, 3.63) is 0 Å². The second-order valence-electron chi connectivity index (χ2n) is 0.592. The van der Waals surface area contributed by atoms with Crippen LogP contribution in [0.15, 0.2) is 0 Å². The maximum absolute atomic E-state index is 8.77. The predicted octanol–water partition coefficient (Wildman–Crippen LogP) is -3.56.